The third-order valence-electron chi connectivity index (χ3n) is 9.29. The van der Waals surface area contributed by atoms with Crippen molar-refractivity contribution in [3.05, 3.63) is 42.5 Å². The molecule has 5 rings (SSSR count). The summed E-state index contributed by atoms with van der Waals surface area (Å²) in [5.41, 5.74) is 0.426. The van der Waals surface area contributed by atoms with Gasteiger partial charge in [0.25, 0.3) is 0 Å². The molecule has 2 bridgehead atoms. The van der Waals surface area contributed by atoms with Crippen LogP contribution >= 0.6 is 0 Å². The Labute approximate surface area is 191 Å². The van der Waals surface area contributed by atoms with Crippen LogP contribution in [0.15, 0.2) is 47.4 Å². The highest BCUT2D eigenvalue weighted by Crippen LogP contribution is 2.65. The van der Waals surface area contributed by atoms with E-state index in [1.54, 1.807) is 16.4 Å². The van der Waals surface area contributed by atoms with Crippen molar-refractivity contribution in [2.24, 2.45) is 22.7 Å². The summed E-state index contributed by atoms with van der Waals surface area (Å²) < 4.78 is 28.0. The van der Waals surface area contributed by atoms with E-state index in [4.69, 9.17) is 0 Å². The van der Waals surface area contributed by atoms with Gasteiger partial charge >= 0.3 is 0 Å². The molecule has 32 heavy (non-hydrogen) atoms. The molecule has 5 nitrogen and oxygen atoms in total. The Hall–Kier alpha value is -1.92. The van der Waals surface area contributed by atoms with Crippen molar-refractivity contribution in [1.82, 2.24) is 9.62 Å². The van der Waals surface area contributed by atoms with Crippen LogP contribution in [0.1, 0.15) is 52.9 Å². The first-order valence-electron chi connectivity index (χ1n) is 11.9. The number of piperidine rings is 1. The average molecular weight is 455 g/mol. The van der Waals surface area contributed by atoms with Gasteiger partial charge in [-0.15, -0.1) is 0 Å². The lowest BCUT2D eigenvalue weighted by molar-refractivity contribution is -0.127. The first-order valence-corrected chi connectivity index (χ1v) is 13.4. The molecule has 1 aliphatic heterocycles. The Morgan fingerprint density at radius 3 is 2.31 bits per heavy atom. The molecular formula is C26H34N2O3S. The van der Waals surface area contributed by atoms with Gasteiger partial charge in [-0.1, -0.05) is 51.1 Å². The highest BCUT2D eigenvalue weighted by atomic mass is 32.2. The van der Waals surface area contributed by atoms with Gasteiger partial charge in [0, 0.05) is 25.0 Å². The van der Waals surface area contributed by atoms with Crippen molar-refractivity contribution in [3.8, 4) is 0 Å². The zero-order valence-electron chi connectivity index (χ0n) is 19.3. The summed E-state index contributed by atoms with van der Waals surface area (Å²) in [6.45, 7) is 7.83. The molecule has 0 radical (unpaired) electrons. The van der Waals surface area contributed by atoms with Crippen LogP contribution in [0.5, 0.6) is 0 Å². The van der Waals surface area contributed by atoms with Crippen molar-refractivity contribution in [2.45, 2.75) is 63.8 Å². The molecule has 172 valence electrons. The molecule has 3 aliphatic rings. The zero-order chi connectivity index (χ0) is 22.7. The molecule has 1 N–H and O–H groups in total. The molecule has 1 amide bonds. The smallest absolute Gasteiger partial charge is 0.243 e. The van der Waals surface area contributed by atoms with Gasteiger partial charge in [0.2, 0.25) is 15.9 Å². The summed E-state index contributed by atoms with van der Waals surface area (Å²) in [6.07, 6.45) is 4.67. The highest BCUT2D eigenvalue weighted by Gasteiger charge is 2.61. The fourth-order valence-corrected chi connectivity index (χ4v) is 8.05. The molecule has 0 aromatic heterocycles. The number of rotatable bonds is 4. The maximum absolute atomic E-state index is 13.2. The number of nitrogens with one attached hydrogen (secondary N) is 1. The van der Waals surface area contributed by atoms with Crippen LogP contribution in [-0.4, -0.2) is 37.8 Å². The fraction of sp³-hybridized carbons (Fsp3) is 0.577. The Balaban J connectivity index is 1.23. The molecule has 3 unspecified atom stereocenters. The van der Waals surface area contributed by atoms with Crippen molar-refractivity contribution in [3.63, 3.8) is 0 Å². The molecule has 0 spiro atoms. The van der Waals surface area contributed by atoms with Gasteiger partial charge in [-0.2, -0.15) is 4.31 Å². The van der Waals surface area contributed by atoms with E-state index in [-0.39, 0.29) is 28.7 Å². The Bertz CT molecular complexity index is 1150. The SMILES string of the molecule is CC1(C)C2CCC1(C)C(NC(=O)C1CCN(S(=O)(=O)c3ccc4ccccc4c3)CC1)C2. The third-order valence-corrected chi connectivity index (χ3v) is 11.2. The lowest BCUT2D eigenvalue weighted by Gasteiger charge is -2.40. The predicted octanol–water partition coefficient (Wildman–Crippen LogP) is 4.57. The van der Waals surface area contributed by atoms with Crippen LogP contribution in [0.3, 0.4) is 0 Å². The summed E-state index contributed by atoms with van der Waals surface area (Å²) in [7, 11) is -3.56. The molecule has 6 heteroatoms. The van der Waals surface area contributed by atoms with E-state index in [2.05, 4.69) is 26.1 Å². The molecule has 2 aromatic rings. The first kappa shape index (κ1) is 21.9. The predicted molar refractivity (Wildman–Crippen MR) is 127 cm³/mol. The lowest BCUT2D eigenvalue weighted by Crippen LogP contribution is -2.50. The van der Waals surface area contributed by atoms with Crippen LogP contribution in [0, 0.1) is 22.7 Å². The van der Waals surface area contributed by atoms with Crippen LogP contribution in [0.25, 0.3) is 10.8 Å². The summed E-state index contributed by atoms with van der Waals surface area (Å²) in [4.78, 5) is 13.4. The number of fused-ring (bicyclic) bond motifs is 3. The van der Waals surface area contributed by atoms with Crippen LogP contribution in [-0.2, 0) is 14.8 Å². The van der Waals surface area contributed by atoms with Gasteiger partial charge in [0.15, 0.2) is 0 Å². The first-order chi connectivity index (χ1) is 15.1. The Kier molecular flexibility index (Phi) is 5.17. The number of carbonyl (C=O) groups excluding carboxylic acids is 1. The van der Waals surface area contributed by atoms with Crippen LogP contribution in [0.4, 0.5) is 0 Å². The van der Waals surface area contributed by atoms with E-state index < -0.39 is 10.0 Å². The fourth-order valence-electron chi connectivity index (χ4n) is 6.55. The molecule has 1 heterocycles. The van der Waals surface area contributed by atoms with E-state index in [9.17, 15) is 13.2 Å². The van der Waals surface area contributed by atoms with Crippen LogP contribution < -0.4 is 5.32 Å². The van der Waals surface area contributed by atoms with Crippen molar-refractivity contribution in [2.75, 3.05) is 13.1 Å². The minimum atomic E-state index is -3.56. The Morgan fingerprint density at radius 2 is 1.69 bits per heavy atom. The van der Waals surface area contributed by atoms with E-state index in [1.807, 2.05) is 30.3 Å². The summed E-state index contributed by atoms with van der Waals surface area (Å²) in [5, 5.41) is 5.32. The van der Waals surface area contributed by atoms with Crippen molar-refractivity contribution >= 4 is 26.7 Å². The van der Waals surface area contributed by atoms with Gasteiger partial charge in [-0.05, 0) is 71.8 Å². The van der Waals surface area contributed by atoms with Crippen molar-refractivity contribution in [1.29, 1.82) is 0 Å². The quantitative estimate of drug-likeness (QED) is 0.736. The molecular weight excluding hydrogens is 420 g/mol. The van der Waals surface area contributed by atoms with Gasteiger partial charge in [0.1, 0.15) is 0 Å². The van der Waals surface area contributed by atoms with Crippen molar-refractivity contribution < 1.29 is 13.2 Å². The zero-order valence-corrected chi connectivity index (χ0v) is 20.1. The number of benzene rings is 2. The molecule has 1 saturated heterocycles. The van der Waals surface area contributed by atoms with E-state index in [0.717, 1.165) is 17.2 Å². The summed E-state index contributed by atoms with van der Waals surface area (Å²) in [6, 6.07) is 13.3. The topological polar surface area (TPSA) is 66.5 Å². The van der Waals surface area contributed by atoms with Gasteiger partial charge in [0.05, 0.1) is 4.90 Å². The Morgan fingerprint density at radius 1 is 1.00 bits per heavy atom. The molecule has 3 fully saturated rings. The second-order valence-electron chi connectivity index (χ2n) is 10.9. The molecule has 2 saturated carbocycles. The number of hydrogen-bond acceptors (Lipinski definition) is 3. The monoisotopic (exact) mass is 454 g/mol. The number of amides is 1. The minimum absolute atomic E-state index is 0.108. The second-order valence-corrected chi connectivity index (χ2v) is 12.8. The van der Waals surface area contributed by atoms with Gasteiger partial charge in [-0.25, -0.2) is 8.42 Å². The third kappa shape index (κ3) is 3.29. The number of nitrogens with zero attached hydrogens (tertiary/aromatic N) is 1. The lowest BCUT2D eigenvalue weighted by atomic mass is 9.69. The van der Waals surface area contributed by atoms with E-state index in [1.165, 1.54) is 12.8 Å². The summed E-state index contributed by atoms with van der Waals surface area (Å²) >= 11 is 0. The average Bonchev–Trinajstić information content (AvgIpc) is 3.12. The standard InChI is InChI=1S/C26H34N2O3S/c1-25(2)21-10-13-26(25,3)23(17-21)27-24(29)19-11-14-28(15-12-19)32(30,31)22-9-8-18-6-4-5-7-20(18)16-22/h4-9,16,19,21,23H,10-15,17H2,1-3H3,(H,27,29). The maximum Gasteiger partial charge on any atom is 0.243 e. The maximum atomic E-state index is 13.2. The number of carbonyl (C=O) groups is 1. The number of sulfonamides is 1. The summed E-state index contributed by atoms with van der Waals surface area (Å²) in [5.74, 6) is 0.693. The van der Waals surface area contributed by atoms with Crippen LogP contribution in [0.2, 0.25) is 0 Å². The molecule has 2 aliphatic carbocycles. The van der Waals surface area contributed by atoms with Gasteiger partial charge in [-0.3, -0.25) is 4.79 Å². The molecule has 3 atom stereocenters. The van der Waals surface area contributed by atoms with E-state index >= 15 is 0 Å². The molecule has 2 aromatic carbocycles. The largest absolute Gasteiger partial charge is 0.353 e. The second kappa shape index (κ2) is 7.56. The minimum Gasteiger partial charge on any atom is -0.353 e. The van der Waals surface area contributed by atoms with Gasteiger partial charge < -0.3 is 5.32 Å². The number of hydrogen-bond donors (Lipinski definition) is 1. The van der Waals surface area contributed by atoms with E-state index in [0.29, 0.717) is 36.7 Å². The normalized spacial score (nSPS) is 30.6. The highest BCUT2D eigenvalue weighted by molar-refractivity contribution is 7.89.